The van der Waals surface area contributed by atoms with E-state index in [1.807, 2.05) is 6.92 Å². The van der Waals surface area contributed by atoms with E-state index >= 15 is 0 Å². The van der Waals surface area contributed by atoms with Crippen LogP contribution in [0.4, 0.5) is 0 Å². The van der Waals surface area contributed by atoms with E-state index in [9.17, 15) is 14.4 Å². The molecule has 0 bridgehead atoms. The molecule has 0 radical (unpaired) electrons. The number of rotatable bonds is 7. The van der Waals surface area contributed by atoms with Gasteiger partial charge in [-0.05, 0) is 6.42 Å². The van der Waals surface area contributed by atoms with Gasteiger partial charge in [0.1, 0.15) is 18.6 Å². The Kier molecular flexibility index (Phi) is 6.93. The number of hydrogen-bond acceptors (Lipinski definition) is 5. The second-order valence-corrected chi connectivity index (χ2v) is 3.68. The molecule has 2 atom stereocenters. The smallest absolute Gasteiger partial charge is 0.313 e. The minimum absolute atomic E-state index is 0.289. The minimum Gasteiger partial charge on any atom is -0.481 e. The quantitative estimate of drug-likeness (QED) is 0.673. The van der Waals surface area contributed by atoms with E-state index in [0.29, 0.717) is 12.8 Å². The van der Waals surface area contributed by atoms with Crippen molar-refractivity contribution in [2.45, 2.75) is 39.7 Å². The summed E-state index contributed by atoms with van der Waals surface area (Å²) in [6.07, 6.45) is 0.314. The van der Waals surface area contributed by atoms with Crippen LogP contribution >= 0.6 is 0 Å². The summed E-state index contributed by atoms with van der Waals surface area (Å²) in [5.74, 6) is -3.28. The van der Waals surface area contributed by atoms with Gasteiger partial charge in [0.2, 0.25) is 0 Å². The Hall–Kier alpha value is -1.59. The summed E-state index contributed by atoms with van der Waals surface area (Å²) in [6.45, 7) is 3.97. The summed E-state index contributed by atoms with van der Waals surface area (Å²) in [5, 5.41) is 9.01. The van der Waals surface area contributed by atoms with E-state index in [1.165, 1.54) is 13.8 Å². The maximum absolute atomic E-state index is 11.0. The highest BCUT2D eigenvalue weighted by Crippen LogP contribution is 2.15. The number of aliphatic carboxylic acids is 1. The molecule has 0 aromatic heterocycles. The highest BCUT2D eigenvalue weighted by atomic mass is 16.6. The summed E-state index contributed by atoms with van der Waals surface area (Å²) < 4.78 is 9.60. The van der Waals surface area contributed by atoms with E-state index < -0.39 is 29.9 Å². The van der Waals surface area contributed by atoms with Gasteiger partial charge < -0.3 is 14.6 Å². The highest BCUT2D eigenvalue weighted by Gasteiger charge is 2.31. The van der Waals surface area contributed by atoms with Gasteiger partial charge in [-0.3, -0.25) is 14.4 Å². The molecule has 0 unspecified atom stereocenters. The molecular formula is C11H18O6. The zero-order valence-corrected chi connectivity index (χ0v) is 10.3. The Morgan fingerprint density at radius 2 is 1.76 bits per heavy atom. The molecule has 0 aliphatic heterocycles. The molecule has 0 saturated heterocycles. The van der Waals surface area contributed by atoms with Gasteiger partial charge in [-0.25, -0.2) is 0 Å². The van der Waals surface area contributed by atoms with Gasteiger partial charge in [-0.15, -0.1) is 0 Å². The molecule has 98 valence electrons. The minimum atomic E-state index is -1.15. The third-order valence-corrected chi connectivity index (χ3v) is 2.12. The van der Waals surface area contributed by atoms with Crippen molar-refractivity contribution in [3.63, 3.8) is 0 Å². The lowest BCUT2D eigenvalue weighted by molar-refractivity contribution is -0.162. The van der Waals surface area contributed by atoms with E-state index in [2.05, 4.69) is 4.74 Å². The second-order valence-electron chi connectivity index (χ2n) is 3.68. The summed E-state index contributed by atoms with van der Waals surface area (Å²) in [7, 11) is 0. The van der Waals surface area contributed by atoms with E-state index in [0.717, 1.165) is 0 Å². The van der Waals surface area contributed by atoms with Crippen LogP contribution in [0.3, 0.4) is 0 Å². The molecule has 1 N–H and O–H groups in total. The van der Waals surface area contributed by atoms with Crippen LogP contribution in [0.1, 0.15) is 33.6 Å². The van der Waals surface area contributed by atoms with Gasteiger partial charge in [0.25, 0.3) is 0 Å². The first-order valence-electron chi connectivity index (χ1n) is 5.41. The van der Waals surface area contributed by atoms with Crippen LogP contribution in [0.5, 0.6) is 0 Å². The molecule has 6 nitrogen and oxygen atoms in total. The van der Waals surface area contributed by atoms with Crippen LogP contribution in [0.2, 0.25) is 0 Å². The molecule has 0 aromatic rings. The fourth-order valence-corrected chi connectivity index (χ4v) is 1.38. The normalized spacial score (nSPS) is 13.6. The van der Waals surface area contributed by atoms with Crippen LogP contribution in [0, 0.1) is 5.92 Å². The number of carboxylic acids is 1. The molecule has 0 rings (SSSR count). The van der Waals surface area contributed by atoms with Gasteiger partial charge in [-0.2, -0.15) is 0 Å². The zero-order valence-electron chi connectivity index (χ0n) is 10.3. The highest BCUT2D eigenvalue weighted by molar-refractivity contribution is 5.73. The lowest BCUT2D eigenvalue weighted by Crippen LogP contribution is -2.35. The van der Waals surface area contributed by atoms with Crippen molar-refractivity contribution in [3.8, 4) is 0 Å². The van der Waals surface area contributed by atoms with Gasteiger partial charge >= 0.3 is 17.9 Å². The molecule has 0 amide bonds. The topological polar surface area (TPSA) is 89.9 Å². The molecule has 0 fully saturated rings. The Balaban J connectivity index is 4.63. The van der Waals surface area contributed by atoms with Crippen LogP contribution in [0.25, 0.3) is 0 Å². The SMILES string of the molecule is CCC[C@H](OC(C)=O)[C@H](COC(C)=O)C(=O)O. The molecule has 0 spiro atoms. The van der Waals surface area contributed by atoms with Crippen LogP contribution in [-0.4, -0.2) is 35.7 Å². The monoisotopic (exact) mass is 246 g/mol. The van der Waals surface area contributed by atoms with Crippen LogP contribution in [0.15, 0.2) is 0 Å². The lowest BCUT2D eigenvalue weighted by atomic mass is 9.99. The molecule has 0 aliphatic carbocycles. The summed E-state index contributed by atoms with van der Waals surface area (Å²) in [5.41, 5.74) is 0. The van der Waals surface area contributed by atoms with Crippen molar-refractivity contribution in [3.05, 3.63) is 0 Å². The first-order valence-corrected chi connectivity index (χ1v) is 5.41. The van der Waals surface area contributed by atoms with Crippen molar-refractivity contribution >= 4 is 17.9 Å². The van der Waals surface area contributed by atoms with E-state index in [-0.39, 0.29) is 6.61 Å². The van der Waals surface area contributed by atoms with Crippen molar-refractivity contribution in [2.75, 3.05) is 6.61 Å². The van der Waals surface area contributed by atoms with Gasteiger partial charge in [0, 0.05) is 13.8 Å². The molecule has 17 heavy (non-hydrogen) atoms. The summed E-state index contributed by atoms with van der Waals surface area (Å²) >= 11 is 0. The maximum Gasteiger partial charge on any atom is 0.313 e. The number of esters is 2. The molecule has 0 aromatic carbocycles. The zero-order chi connectivity index (χ0) is 13.4. The Morgan fingerprint density at radius 1 is 1.18 bits per heavy atom. The predicted octanol–water partition coefficient (Wildman–Crippen LogP) is 0.982. The number of carbonyl (C=O) groups excluding carboxylic acids is 2. The Labute approximate surface area is 99.9 Å². The number of hydrogen-bond donors (Lipinski definition) is 1. The number of ether oxygens (including phenoxy) is 2. The van der Waals surface area contributed by atoms with Crippen molar-refractivity contribution in [2.24, 2.45) is 5.92 Å². The van der Waals surface area contributed by atoms with Crippen LogP contribution in [-0.2, 0) is 23.9 Å². The molecular weight excluding hydrogens is 228 g/mol. The van der Waals surface area contributed by atoms with Gasteiger partial charge in [0.05, 0.1) is 0 Å². The van der Waals surface area contributed by atoms with E-state index in [1.54, 1.807) is 0 Å². The average molecular weight is 246 g/mol. The standard InChI is InChI=1S/C11H18O6/c1-4-5-10(17-8(3)13)9(11(14)15)6-16-7(2)12/h9-10H,4-6H2,1-3H3,(H,14,15)/t9-,10-/m0/s1. The second kappa shape index (κ2) is 7.65. The molecule has 0 aliphatic rings. The predicted molar refractivity (Wildman–Crippen MR) is 58.2 cm³/mol. The largest absolute Gasteiger partial charge is 0.481 e. The fourth-order valence-electron chi connectivity index (χ4n) is 1.38. The van der Waals surface area contributed by atoms with Crippen molar-refractivity contribution in [1.29, 1.82) is 0 Å². The first kappa shape index (κ1) is 15.4. The fraction of sp³-hybridized carbons (Fsp3) is 0.727. The van der Waals surface area contributed by atoms with Crippen molar-refractivity contribution in [1.82, 2.24) is 0 Å². The average Bonchev–Trinajstić information content (AvgIpc) is 2.16. The maximum atomic E-state index is 11.0. The Morgan fingerprint density at radius 3 is 2.12 bits per heavy atom. The number of carboxylic acid groups (broad SMARTS) is 1. The summed E-state index contributed by atoms with van der Waals surface area (Å²) in [6, 6.07) is 0. The molecule has 0 heterocycles. The lowest BCUT2D eigenvalue weighted by Gasteiger charge is -2.22. The first-order chi connectivity index (χ1) is 7.88. The molecule has 0 saturated carbocycles. The van der Waals surface area contributed by atoms with Gasteiger partial charge in [0.15, 0.2) is 0 Å². The third kappa shape index (κ3) is 6.55. The van der Waals surface area contributed by atoms with Crippen LogP contribution < -0.4 is 0 Å². The number of carbonyl (C=O) groups is 3. The molecule has 6 heteroatoms. The Bertz CT molecular complexity index is 286. The van der Waals surface area contributed by atoms with E-state index in [4.69, 9.17) is 9.84 Å². The van der Waals surface area contributed by atoms with Crippen molar-refractivity contribution < 1.29 is 29.0 Å². The summed E-state index contributed by atoms with van der Waals surface area (Å²) in [4.78, 5) is 32.5. The van der Waals surface area contributed by atoms with Gasteiger partial charge in [-0.1, -0.05) is 13.3 Å². The third-order valence-electron chi connectivity index (χ3n) is 2.12.